The normalized spacial score (nSPS) is 21.8. The third-order valence-electron chi connectivity index (χ3n) is 3.41. The summed E-state index contributed by atoms with van der Waals surface area (Å²) < 4.78 is 0. The van der Waals surface area contributed by atoms with E-state index < -0.39 is 0 Å². The van der Waals surface area contributed by atoms with Crippen molar-refractivity contribution in [3.05, 3.63) is 0 Å². The molecule has 1 nitrogen and oxygen atoms in total. The van der Waals surface area contributed by atoms with Gasteiger partial charge in [0.25, 0.3) is 0 Å². The van der Waals surface area contributed by atoms with Gasteiger partial charge in [-0.05, 0) is 24.7 Å². The van der Waals surface area contributed by atoms with Gasteiger partial charge in [-0.15, -0.1) is 0 Å². The van der Waals surface area contributed by atoms with Gasteiger partial charge in [-0.1, -0.05) is 33.1 Å². The van der Waals surface area contributed by atoms with Crippen LogP contribution in [0.4, 0.5) is 0 Å². The van der Waals surface area contributed by atoms with Crippen LogP contribution in [-0.2, 0) is 4.79 Å². The van der Waals surface area contributed by atoms with Gasteiger partial charge in [0.05, 0.1) is 0 Å². The summed E-state index contributed by atoms with van der Waals surface area (Å²) in [6, 6.07) is 0. The zero-order chi connectivity index (χ0) is 9.68. The highest BCUT2D eigenvalue weighted by atomic mass is 16.1. The largest absolute Gasteiger partial charge is 0.300 e. The van der Waals surface area contributed by atoms with Crippen LogP contribution < -0.4 is 0 Å². The molecule has 1 heteroatoms. The van der Waals surface area contributed by atoms with Gasteiger partial charge in [0.1, 0.15) is 5.78 Å². The van der Waals surface area contributed by atoms with Crippen molar-refractivity contribution in [2.45, 2.75) is 58.8 Å². The van der Waals surface area contributed by atoms with Gasteiger partial charge in [-0.2, -0.15) is 0 Å². The maximum atomic E-state index is 11.0. The average Bonchev–Trinajstić information content (AvgIpc) is 2.15. The first-order valence-corrected chi connectivity index (χ1v) is 5.75. The fourth-order valence-electron chi connectivity index (χ4n) is 2.29. The van der Waals surface area contributed by atoms with Crippen LogP contribution in [0.5, 0.6) is 0 Å². The third kappa shape index (κ3) is 3.50. The number of Topliss-reactive ketones (excluding diaryl/α,β-unsaturated/α-hetero) is 1. The van der Waals surface area contributed by atoms with E-state index in [4.69, 9.17) is 0 Å². The van der Waals surface area contributed by atoms with Crippen LogP contribution in [0.3, 0.4) is 0 Å². The summed E-state index contributed by atoms with van der Waals surface area (Å²) in [6.45, 7) is 4.60. The molecule has 1 aliphatic rings. The Balaban J connectivity index is 2.23. The molecular formula is C12H22O. The molecule has 0 spiro atoms. The van der Waals surface area contributed by atoms with E-state index in [1.165, 1.54) is 19.3 Å². The molecule has 1 saturated carbocycles. The Labute approximate surface area is 81.9 Å². The SMILES string of the molecule is CCCCC(C)C1CCC(=O)CC1. The van der Waals surface area contributed by atoms with E-state index >= 15 is 0 Å². The van der Waals surface area contributed by atoms with Gasteiger partial charge in [-0.25, -0.2) is 0 Å². The number of hydrogen-bond acceptors (Lipinski definition) is 1. The fourth-order valence-corrected chi connectivity index (χ4v) is 2.29. The van der Waals surface area contributed by atoms with Gasteiger partial charge in [-0.3, -0.25) is 4.79 Å². The standard InChI is InChI=1S/C12H22O/c1-3-4-5-10(2)11-6-8-12(13)9-7-11/h10-11H,3-9H2,1-2H3. The van der Waals surface area contributed by atoms with E-state index in [1.807, 2.05) is 0 Å². The van der Waals surface area contributed by atoms with Crippen molar-refractivity contribution >= 4 is 5.78 Å². The molecule has 1 fully saturated rings. The minimum Gasteiger partial charge on any atom is -0.300 e. The second-order valence-electron chi connectivity index (χ2n) is 4.50. The van der Waals surface area contributed by atoms with Gasteiger partial charge in [0.15, 0.2) is 0 Å². The maximum absolute atomic E-state index is 11.0. The summed E-state index contributed by atoms with van der Waals surface area (Å²) in [5.41, 5.74) is 0. The van der Waals surface area contributed by atoms with E-state index in [0.29, 0.717) is 5.78 Å². The number of carbonyl (C=O) groups excluding carboxylic acids is 1. The first-order chi connectivity index (χ1) is 6.24. The molecular weight excluding hydrogens is 160 g/mol. The van der Waals surface area contributed by atoms with E-state index in [1.54, 1.807) is 0 Å². The second kappa shape index (κ2) is 5.41. The molecule has 76 valence electrons. The summed E-state index contributed by atoms with van der Waals surface area (Å²) in [5.74, 6) is 2.16. The maximum Gasteiger partial charge on any atom is 0.132 e. The van der Waals surface area contributed by atoms with Crippen molar-refractivity contribution in [3.63, 3.8) is 0 Å². The van der Waals surface area contributed by atoms with Crippen LogP contribution in [0.1, 0.15) is 58.8 Å². The van der Waals surface area contributed by atoms with Crippen molar-refractivity contribution in [3.8, 4) is 0 Å². The van der Waals surface area contributed by atoms with Crippen LogP contribution in [0.25, 0.3) is 0 Å². The van der Waals surface area contributed by atoms with Gasteiger partial charge >= 0.3 is 0 Å². The Kier molecular flexibility index (Phi) is 4.47. The number of unbranched alkanes of at least 4 members (excludes halogenated alkanes) is 1. The predicted octanol–water partition coefficient (Wildman–Crippen LogP) is 3.57. The first-order valence-electron chi connectivity index (χ1n) is 5.75. The molecule has 1 aliphatic carbocycles. The van der Waals surface area contributed by atoms with E-state index in [0.717, 1.165) is 37.5 Å². The molecule has 0 bridgehead atoms. The molecule has 0 aromatic heterocycles. The molecule has 0 N–H and O–H groups in total. The molecule has 0 amide bonds. The van der Waals surface area contributed by atoms with Crippen LogP contribution in [0.2, 0.25) is 0 Å². The zero-order valence-electron chi connectivity index (χ0n) is 9.01. The Morgan fingerprint density at radius 1 is 1.38 bits per heavy atom. The van der Waals surface area contributed by atoms with Crippen LogP contribution in [-0.4, -0.2) is 5.78 Å². The minimum absolute atomic E-state index is 0.485. The van der Waals surface area contributed by atoms with Crippen molar-refractivity contribution in [1.29, 1.82) is 0 Å². The van der Waals surface area contributed by atoms with Crippen molar-refractivity contribution < 1.29 is 4.79 Å². The van der Waals surface area contributed by atoms with Gasteiger partial charge in [0.2, 0.25) is 0 Å². The van der Waals surface area contributed by atoms with Gasteiger partial charge in [0, 0.05) is 12.8 Å². The Morgan fingerprint density at radius 2 is 2.00 bits per heavy atom. The quantitative estimate of drug-likeness (QED) is 0.649. The highest BCUT2D eigenvalue weighted by Gasteiger charge is 2.22. The molecule has 0 aromatic rings. The van der Waals surface area contributed by atoms with E-state index in [2.05, 4.69) is 13.8 Å². The Bertz CT molecular complexity index is 153. The van der Waals surface area contributed by atoms with Crippen molar-refractivity contribution in [1.82, 2.24) is 0 Å². The molecule has 1 unspecified atom stereocenters. The highest BCUT2D eigenvalue weighted by Crippen LogP contribution is 2.30. The smallest absolute Gasteiger partial charge is 0.132 e. The molecule has 13 heavy (non-hydrogen) atoms. The Hall–Kier alpha value is -0.330. The van der Waals surface area contributed by atoms with E-state index in [-0.39, 0.29) is 0 Å². The minimum atomic E-state index is 0.485. The zero-order valence-corrected chi connectivity index (χ0v) is 9.01. The molecule has 0 aliphatic heterocycles. The third-order valence-corrected chi connectivity index (χ3v) is 3.41. The number of carbonyl (C=O) groups is 1. The summed E-state index contributed by atoms with van der Waals surface area (Å²) in [7, 11) is 0. The summed E-state index contributed by atoms with van der Waals surface area (Å²) in [5, 5.41) is 0. The molecule has 0 heterocycles. The lowest BCUT2D eigenvalue weighted by atomic mass is 9.78. The molecule has 1 atom stereocenters. The topological polar surface area (TPSA) is 17.1 Å². The van der Waals surface area contributed by atoms with E-state index in [9.17, 15) is 4.79 Å². The number of hydrogen-bond donors (Lipinski definition) is 0. The average molecular weight is 182 g/mol. The highest BCUT2D eigenvalue weighted by molar-refractivity contribution is 5.79. The van der Waals surface area contributed by atoms with Gasteiger partial charge < -0.3 is 0 Å². The lowest BCUT2D eigenvalue weighted by Crippen LogP contribution is -2.19. The molecule has 0 radical (unpaired) electrons. The Morgan fingerprint density at radius 3 is 2.54 bits per heavy atom. The van der Waals surface area contributed by atoms with Crippen molar-refractivity contribution in [2.75, 3.05) is 0 Å². The molecule has 1 rings (SSSR count). The molecule has 0 saturated heterocycles. The first kappa shape index (κ1) is 10.7. The van der Waals surface area contributed by atoms with Crippen molar-refractivity contribution in [2.24, 2.45) is 11.8 Å². The summed E-state index contributed by atoms with van der Waals surface area (Å²) in [4.78, 5) is 11.0. The lowest BCUT2D eigenvalue weighted by molar-refractivity contribution is -0.121. The summed E-state index contributed by atoms with van der Waals surface area (Å²) >= 11 is 0. The van der Waals surface area contributed by atoms with Crippen LogP contribution >= 0.6 is 0 Å². The summed E-state index contributed by atoms with van der Waals surface area (Å²) in [6.07, 6.45) is 8.02. The fraction of sp³-hybridized carbons (Fsp3) is 0.917. The number of rotatable bonds is 4. The monoisotopic (exact) mass is 182 g/mol. The van der Waals surface area contributed by atoms with Crippen LogP contribution in [0.15, 0.2) is 0 Å². The second-order valence-corrected chi connectivity index (χ2v) is 4.50. The predicted molar refractivity (Wildman–Crippen MR) is 55.7 cm³/mol. The molecule has 0 aromatic carbocycles. The lowest BCUT2D eigenvalue weighted by Gasteiger charge is -2.26. The van der Waals surface area contributed by atoms with Crippen LogP contribution in [0, 0.1) is 11.8 Å². The number of ketones is 1.